The number of aromatic nitrogens is 1. The topological polar surface area (TPSA) is 167 Å². The monoisotopic (exact) mass is 849 g/mol. The van der Waals surface area contributed by atoms with E-state index in [1.54, 1.807) is 26.8 Å². The van der Waals surface area contributed by atoms with E-state index in [1.807, 2.05) is 24.6 Å². The second-order valence-electron chi connectivity index (χ2n) is 17.8. The number of pyridine rings is 1. The van der Waals surface area contributed by atoms with Crippen LogP contribution in [0.3, 0.4) is 0 Å². The summed E-state index contributed by atoms with van der Waals surface area (Å²) >= 11 is 0. The number of fused-ring (bicyclic) bond motifs is 3. The molecule has 2 aromatic rings. The van der Waals surface area contributed by atoms with Crippen molar-refractivity contribution in [1.82, 2.24) is 14.6 Å². The molecule has 0 unspecified atom stereocenters. The minimum atomic E-state index is -4.80. The number of methoxy groups -OCH3 is 2. The molecule has 2 saturated carbocycles. The lowest BCUT2D eigenvalue weighted by Crippen LogP contribution is -2.49. The van der Waals surface area contributed by atoms with Gasteiger partial charge in [-0.2, -0.15) is 0 Å². The summed E-state index contributed by atoms with van der Waals surface area (Å²) in [5.41, 5.74) is -2.41. The van der Waals surface area contributed by atoms with E-state index < -0.39 is 92.0 Å². The van der Waals surface area contributed by atoms with Gasteiger partial charge in [0, 0.05) is 18.2 Å². The number of esters is 1. The zero-order chi connectivity index (χ0) is 43.2. The number of allylic oxidation sites excluding steroid dienone is 2. The van der Waals surface area contributed by atoms with E-state index >= 15 is 4.39 Å². The summed E-state index contributed by atoms with van der Waals surface area (Å²) in [5.74, 6) is -4.87. The van der Waals surface area contributed by atoms with Gasteiger partial charge in [0.05, 0.1) is 56.1 Å². The molecular weight excluding hydrogens is 796 g/mol. The van der Waals surface area contributed by atoms with Crippen molar-refractivity contribution in [3.05, 3.63) is 36.3 Å². The van der Waals surface area contributed by atoms with E-state index in [2.05, 4.69) is 4.98 Å². The van der Waals surface area contributed by atoms with Crippen molar-refractivity contribution in [1.29, 1.82) is 0 Å². The van der Waals surface area contributed by atoms with Crippen LogP contribution in [0.5, 0.6) is 17.4 Å². The number of carbonyl (C=O) groups is 4. The van der Waals surface area contributed by atoms with Crippen LogP contribution in [0.15, 0.2) is 30.5 Å². The van der Waals surface area contributed by atoms with Gasteiger partial charge < -0.3 is 23.8 Å². The first-order chi connectivity index (χ1) is 27.6. The van der Waals surface area contributed by atoms with E-state index in [4.69, 9.17) is 18.9 Å². The summed E-state index contributed by atoms with van der Waals surface area (Å²) < 4.78 is 91.5. The predicted molar refractivity (Wildman–Crippen MR) is 210 cm³/mol. The molecule has 0 bridgehead atoms. The number of ketones is 1. The number of carbonyl (C=O) groups excluding carboxylic acids is 4. The largest absolute Gasteiger partial charge is 0.494 e. The molecule has 1 N–H and O–H groups in total. The van der Waals surface area contributed by atoms with Crippen LogP contribution in [0, 0.1) is 34.9 Å². The number of alkyl halides is 2. The fourth-order valence-corrected chi connectivity index (χ4v) is 10.2. The number of nitrogens with one attached hydrogen (secondary N) is 1. The fraction of sp³-hybridized carbons (Fsp3) is 0.643. The molecule has 1 aromatic carbocycles. The quantitative estimate of drug-likeness (QED) is 0.210. The summed E-state index contributed by atoms with van der Waals surface area (Å²) in [6.07, 6.45) is 1.42. The lowest BCUT2D eigenvalue weighted by molar-refractivity contribution is -0.160. The molecule has 1 saturated heterocycles. The molecule has 324 valence electrons. The lowest BCUT2D eigenvalue weighted by atomic mass is 9.82. The standard InChI is InChI=1S/C42H54F3N3O10S/c1-23-10-8-9-11-25-19-41(25,39(52)47-59(53,54)42(12-13-42)38(44)45)20-32(49)31-15-26(22-48(31)37(51)27(24(2)14-23)18-35(50)58-40(3,4)5)57-36-29-16-30(43)33(55-6)17-28(29)34(56-7)21-46-36/h9,11,16-17,21,23-27,31,38H,8,10,12-15,18-20,22H2,1-7H3,(H,47,52)/b11-9-/t23-,24+,25+,26+,27-,31-,41+/m0/s1. The maximum Gasteiger partial charge on any atom is 0.307 e. The maximum absolute atomic E-state index is 15.1. The summed E-state index contributed by atoms with van der Waals surface area (Å²) in [5, 5.41) is 0.656. The van der Waals surface area contributed by atoms with Crippen LogP contribution < -0.4 is 18.9 Å². The Kier molecular flexibility index (Phi) is 12.4. The molecule has 0 spiro atoms. The molecule has 17 heteroatoms. The van der Waals surface area contributed by atoms with Crippen LogP contribution in [-0.4, -0.2) is 91.6 Å². The number of amides is 2. The first-order valence-electron chi connectivity index (χ1n) is 20.1. The fourth-order valence-electron chi connectivity index (χ4n) is 8.67. The average Bonchev–Trinajstić information content (AvgIpc) is 4.06. The minimum Gasteiger partial charge on any atom is -0.494 e. The van der Waals surface area contributed by atoms with E-state index in [0.717, 1.165) is 0 Å². The van der Waals surface area contributed by atoms with Crippen LogP contribution >= 0.6 is 0 Å². The third-order valence-electron chi connectivity index (χ3n) is 12.3. The molecule has 7 atom stereocenters. The van der Waals surface area contributed by atoms with Crippen molar-refractivity contribution < 1.29 is 59.7 Å². The number of ether oxygens (including phenoxy) is 4. The molecule has 2 amide bonds. The summed E-state index contributed by atoms with van der Waals surface area (Å²) in [6.45, 7) is 8.93. The number of benzene rings is 1. The van der Waals surface area contributed by atoms with Gasteiger partial charge in [0.2, 0.25) is 27.7 Å². The van der Waals surface area contributed by atoms with Gasteiger partial charge >= 0.3 is 5.97 Å². The minimum absolute atomic E-state index is 0.0102. The van der Waals surface area contributed by atoms with Crippen molar-refractivity contribution in [2.24, 2.45) is 29.1 Å². The van der Waals surface area contributed by atoms with Gasteiger partial charge in [-0.3, -0.25) is 23.9 Å². The summed E-state index contributed by atoms with van der Waals surface area (Å²) in [6, 6.07) is 1.41. The smallest absolute Gasteiger partial charge is 0.307 e. The van der Waals surface area contributed by atoms with Crippen LogP contribution in [0.1, 0.15) is 92.4 Å². The van der Waals surface area contributed by atoms with Gasteiger partial charge in [0.15, 0.2) is 22.1 Å². The Labute approximate surface area is 342 Å². The number of rotatable bonds is 10. The highest BCUT2D eigenvalue weighted by atomic mass is 32.2. The van der Waals surface area contributed by atoms with Gasteiger partial charge in [-0.1, -0.05) is 26.0 Å². The number of hydrogen-bond donors (Lipinski definition) is 1. The molecule has 3 heterocycles. The van der Waals surface area contributed by atoms with Crippen molar-refractivity contribution in [3.8, 4) is 17.4 Å². The van der Waals surface area contributed by atoms with E-state index in [0.29, 0.717) is 30.4 Å². The molecule has 1 aromatic heterocycles. The Morgan fingerprint density at radius 2 is 1.75 bits per heavy atom. The third-order valence-corrected chi connectivity index (χ3v) is 14.4. The summed E-state index contributed by atoms with van der Waals surface area (Å²) in [7, 11) is -2.06. The Morgan fingerprint density at radius 3 is 2.37 bits per heavy atom. The summed E-state index contributed by atoms with van der Waals surface area (Å²) in [4.78, 5) is 62.6. The maximum atomic E-state index is 15.1. The predicted octanol–water partition coefficient (Wildman–Crippen LogP) is 6.31. The Bertz CT molecular complexity index is 2120. The highest BCUT2D eigenvalue weighted by molar-refractivity contribution is 7.91. The zero-order valence-corrected chi connectivity index (χ0v) is 35.3. The molecule has 2 aliphatic carbocycles. The van der Waals surface area contributed by atoms with E-state index in [9.17, 15) is 36.4 Å². The molecule has 59 heavy (non-hydrogen) atoms. The first kappa shape index (κ1) is 44.2. The second-order valence-corrected chi connectivity index (χ2v) is 19.8. The number of sulfonamides is 1. The van der Waals surface area contributed by atoms with Gasteiger partial charge in [-0.15, -0.1) is 0 Å². The zero-order valence-electron chi connectivity index (χ0n) is 34.5. The Balaban J connectivity index is 1.37. The molecule has 0 radical (unpaired) electrons. The molecule has 3 fully saturated rings. The normalized spacial score (nSPS) is 29.1. The number of hydrogen-bond acceptors (Lipinski definition) is 11. The molecule has 4 aliphatic rings. The van der Waals surface area contributed by atoms with Crippen molar-refractivity contribution in [2.45, 2.75) is 121 Å². The SMILES string of the molecule is COc1cc2c(OC)cnc(O[C@@H]3C[C@H]4C(=O)C[C@]5(C(=O)NS(=O)(=O)C6(C(F)F)CC6)C[C@H]5/C=C\CC[C@H](C)C[C@@H](C)[C@H](CC(=O)OC(C)(C)C)C(=O)N4C3)c2cc1F. The number of Topliss-reactive ketones (excluding diaryl/α,β-unsaturated/α-hetero) is 1. The van der Waals surface area contributed by atoms with Crippen molar-refractivity contribution >= 4 is 44.4 Å². The van der Waals surface area contributed by atoms with E-state index in [1.165, 1.54) is 37.4 Å². The lowest BCUT2D eigenvalue weighted by Gasteiger charge is -2.32. The molecule has 2 aliphatic heterocycles. The van der Waals surface area contributed by atoms with Gasteiger partial charge in [-0.25, -0.2) is 26.6 Å². The molecule has 13 nitrogen and oxygen atoms in total. The number of nitrogens with zero attached hydrogens (tertiary/aromatic N) is 2. The van der Waals surface area contributed by atoms with E-state index in [-0.39, 0.29) is 67.5 Å². The van der Waals surface area contributed by atoms with Crippen molar-refractivity contribution in [2.75, 3.05) is 20.8 Å². The van der Waals surface area contributed by atoms with Gasteiger partial charge in [0.25, 0.3) is 6.43 Å². The highest BCUT2D eigenvalue weighted by Crippen LogP contribution is 2.58. The van der Waals surface area contributed by atoms with Crippen LogP contribution in [0.25, 0.3) is 10.8 Å². The first-order valence-corrected chi connectivity index (χ1v) is 21.6. The van der Waals surface area contributed by atoms with Gasteiger partial charge in [0.1, 0.15) is 17.5 Å². The Morgan fingerprint density at radius 1 is 1.05 bits per heavy atom. The van der Waals surface area contributed by atoms with Crippen LogP contribution in [-0.2, 0) is 33.9 Å². The molecular formula is C42H54F3N3O10S. The second kappa shape index (κ2) is 16.6. The van der Waals surface area contributed by atoms with Crippen LogP contribution in [0.4, 0.5) is 13.2 Å². The van der Waals surface area contributed by atoms with Gasteiger partial charge in [-0.05, 0) is 89.2 Å². The van der Waals surface area contributed by atoms with Crippen LogP contribution in [0.2, 0.25) is 0 Å². The highest BCUT2D eigenvalue weighted by Gasteiger charge is 2.66. The number of halogens is 3. The Hall–Kier alpha value is -4.41. The molecule has 6 rings (SSSR count). The van der Waals surface area contributed by atoms with Crippen molar-refractivity contribution in [3.63, 3.8) is 0 Å². The third kappa shape index (κ3) is 9.04. The average molecular weight is 850 g/mol.